The number of hydrogen-bond donors (Lipinski definition) is 1. The standard InChI is InChI=1S/C21H21N5O3S/c1-14(15-9-11-17(29-2)12-10-15)23-19-18-13-22-26(16-7-5-4-6-8-16)20(18)25-21(24-19)30(3,27)28/h4-14H,1-3H3,(H,23,24,25)/t14-/m0/s1. The topological polar surface area (TPSA) is 99.0 Å². The van der Waals surface area contributed by atoms with Crippen molar-refractivity contribution in [1.29, 1.82) is 0 Å². The number of methoxy groups -OCH3 is 1. The van der Waals surface area contributed by atoms with Gasteiger partial charge in [-0.25, -0.2) is 18.1 Å². The first kappa shape index (κ1) is 19.8. The molecule has 0 aliphatic carbocycles. The Balaban J connectivity index is 1.81. The van der Waals surface area contributed by atoms with Gasteiger partial charge in [0.05, 0.1) is 24.4 Å². The van der Waals surface area contributed by atoms with E-state index >= 15 is 0 Å². The number of aromatic nitrogens is 4. The number of benzene rings is 2. The van der Waals surface area contributed by atoms with Gasteiger partial charge >= 0.3 is 0 Å². The number of sulfone groups is 1. The van der Waals surface area contributed by atoms with E-state index in [9.17, 15) is 8.42 Å². The van der Waals surface area contributed by atoms with E-state index in [-0.39, 0.29) is 11.2 Å². The van der Waals surface area contributed by atoms with Crippen molar-refractivity contribution in [3.63, 3.8) is 0 Å². The minimum Gasteiger partial charge on any atom is -0.497 e. The third-order valence-electron chi connectivity index (χ3n) is 4.71. The van der Waals surface area contributed by atoms with Crippen molar-refractivity contribution in [2.24, 2.45) is 0 Å². The van der Waals surface area contributed by atoms with Crippen LogP contribution >= 0.6 is 0 Å². The molecule has 0 saturated heterocycles. The molecule has 4 rings (SSSR count). The zero-order valence-electron chi connectivity index (χ0n) is 16.8. The van der Waals surface area contributed by atoms with E-state index in [2.05, 4.69) is 20.4 Å². The fourth-order valence-electron chi connectivity index (χ4n) is 3.10. The number of ether oxygens (including phenoxy) is 1. The number of para-hydroxylation sites is 1. The van der Waals surface area contributed by atoms with E-state index in [1.54, 1.807) is 18.0 Å². The van der Waals surface area contributed by atoms with Gasteiger partial charge in [0.25, 0.3) is 5.16 Å². The highest BCUT2D eigenvalue weighted by atomic mass is 32.2. The van der Waals surface area contributed by atoms with Crippen LogP contribution in [0.3, 0.4) is 0 Å². The molecule has 0 amide bonds. The van der Waals surface area contributed by atoms with E-state index in [0.29, 0.717) is 16.9 Å². The van der Waals surface area contributed by atoms with Crippen LogP contribution in [0.2, 0.25) is 0 Å². The molecule has 2 aromatic carbocycles. The molecule has 4 aromatic rings. The zero-order valence-corrected chi connectivity index (χ0v) is 17.6. The largest absolute Gasteiger partial charge is 0.497 e. The molecule has 0 unspecified atom stereocenters. The summed E-state index contributed by atoms with van der Waals surface area (Å²) >= 11 is 0. The molecule has 2 heterocycles. The van der Waals surface area contributed by atoms with Crippen LogP contribution in [-0.2, 0) is 9.84 Å². The van der Waals surface area contributed by atoms with E-state index in [0.717, 1.165) is 23.3 Å². The van der Waals surface area contributed by atoms with Crippen LogP contribution in [0.4, 0.5) is 5.82 Å². The van der Waals surface area contributed by atoms with Crippen LogP contribution in [0.1, 0.15) is 18.5 Å². The highest BCUT2D eigenvalue weighted by Crippen LogP contribution is 2.28. The van der Waals surface area contributed by atoms with Crippen molar-refractivity contribution in [2.75, 3.05) is 18.7 Å². The third-order valence-corrected chi connectivity index (χ3v) is 5.56. The number of nitrogens with zero attached hydrogens (tertiary/aromatic N) is 4. The minimum absolute atomic E-state index is 0.138. The molecule has 1 N–H and O–H groups in total. The molecule has 0 radical (unpaired) electrons. The highest BCUT2D eigenvalue weighted by molar-refractivity contribution is 7.90. The lowest BCUT2D eigenvalue weighted by Gasteiger charge is -2.16. The molecule has 8 nitrogen and oxygen atoms in total. The van der Waals surface area contributed by atoms with Gasteiger partial charge in [-0.1, -0.05) is 30.3 Å². The number of nitrogens with one attached hydrogen (secondary N) is 1. The second-order valence-electron chi connectivity index (χ2n) is 6.90. The summed E-state index contributed by atoms with van der Waals surface area (Å²) in [5.41, 5.74) is 2.19. The Bertz CT molecular complexity index is 1290. The summed E-state index contributed by atoms with van der Waals surface area (Å²) < 4.78 is 31.3. The van der Waals surface area contributed by atoms with Gasteiger partial charge in [0.15, 0.2) is 5.65 Å². The molecule has 2 aromatic heterocycles. The Morgan fingerprint density at radius 1 is 1.03 bits per heavy atom. The first-order valence-corrected chi connectivity index (χ1v) is 11.2. The number of fused-ring (bicyclic) bond motifs is 1. The SMILES string of the molecule is COc1ccc([C@H](C)Nc2nc(S(C)(=O)=O)nc3c2cnn3-c2ccccc2)cc1. The maximum Gasteiger partial charge on any atom is 0.250 e. The third kappa shape index (κ3) is 3.84. The fourth-order valence-corrected chi connectivity index (χ4v) is 3.61. The Labute approximate surface area is 174 Å². The van der Waals surface area contributed by atoms with E-state index in [1.807, 2.05) is 61.5 Å². The lowest BCUT2D eigenvalue weighted by Crippen LogP contribution is -2.12. The first-order chi connectivity index (χ1) is 14.4. The highest BCUT2D eigenvalue weighted by Gasteiger charge is 2.20. The molecule has 0 bridgehead atoms. The van der Waals surface area contributed by atoms with Crippen molar-refractivity contribution >= 4 is 26.7 Å². The number of hydrogen-bond acceptors (Lipinski definition) is 7. The molecule has 0 aliphatic rings. The first-order valence-electron chi connectivity index (χ1n) is 9.28. The van der Waals surface area contributed by atoms with Gasteiger partial charge in [-0.05, 0) is 36.8 Å². The monoisotopic (exact) mass is 423 g/mol. The zero-order chi connectivity index (χ0) is 21.3. The van der Waals surface area contributed by atoms with Gasteiger partial charge in [0.1, 0.15) is 11.6 Å². The Kier molecular flexibility index (Phi) is 5.13. The summed E-state index contributed by atoms with van der Waals surface area (Å²) in [6, 6.07) is 16.9. The number of anilines is 1. The summed E-state index contributed by atoms with van der Waals surface area (Å²) in [5.74, 6) is 1.17. The predicted molar refractivity (Wildman–Crippen MR) is 115 cm³/mol. The molecule has 0 fully saturated rings. The summed E-state index contributed by atoms with van der Waals surface area (Å²) in [6.45, 7) is 1.97. The van der Waals surface area contributed by atoms with Crippen LogP contribution in [0.25, 0.3) is 16.7 Å². The Morgan fingerprint density at radius 3 is 2.37 bits per heavy atom. The molecule has 0 saturated carbocycles. The van der Waals surface area contributed by atoms with Gasteiger partial charge in [0, 0.05) is 12.3 Å². The van der Waals surface area contributed by atoms with E-state index in [4.69, 9.17) is 4.74 Å². The summed E-state index contributed by atoms with van der Waals surface area (Å²) in [7, 11) is -2.01. The average Bonchev–Trinajstić information content (AvgIpc) is 3.18. The Morgan fingerprint density at radius 2 is 1.73 bits per heavy atom. The van der Waals surface area contributed by atoms with Crippen molar-refractivity contribution < 1.29 is 13.2 Å². The molecule has 0 aliphatic heterocycles. The summed E-state index contributed by atoms with van der Waals surface area (Å²) in [6.07, 6.45) is 2.73. The van der Waals surface area contributed by atoms with Gasteiger partial charge in [-0.3, -0.25) is 0 Å². The van der Waals surface area contributed by atoms with Crippen LogP contribution in [-0.4, -0.2) is 41.5 Å². The second-order valence-corrected chi connectivity index (χ2v) is 8.80. The molecule has 154 valence electrons. The van der Waals surface area contributed by atoms with Crippen LogP contribution in [0.15, 0.2) is 66.0 Å². The van der Waals surface area contributed by atoms with E-state index in [1.165, 1.54) is 0 Å². The van der Waals surface area contributed by atoms with Gasteiger partial charge in [-0.15, -0.1) is 0 Å². The van der Waals surface area contributed by atoms with Gasteiger partial charge in [0.2, 0.25) is 9.84 Å². The quantitative estimate of drug-likeness (QED) is 0.475. The van der Waals surface area contributed by atoms with E-state index < -0.39 is 9.84 Å². The predicted octanol–water partition coefficient (Wildman–Crippen LogP) is 3.40. The summed E-state index contributed by atoms with van der Waals surface area (Å²) in [4.78, 5) is 8.58. The van der Waals surface area contributed by atoms with Crippen LogP contribution < -0.4 is 10.1 Å². The molecule has 0 spiro atoms. The molecular weight excluding hydrogens is 402 g/mol. The van der Waals surface area contributed by atoms with Crippen molar-refractivity contribution in [3.05, 3.63) is 66.4 Å². The van der Waals surface area contributed by atoms with Crippen LogP contribution in [0.5, 0.6) is 5.75 Å². The number of rotatable bonds is 6. The van der Waals surface area contributed by atoms with Gasteiger partial charge < -0.3 is 10.1 Å². The molecule has 30 heavy (non-hydrogen) atoms. The van der Waals surface area contributed by atoms with Crippen molar-refractivity contribution in [2.45, 2.75) is 18.1 Å². The second kappa shape index (κ2) is 7.75. The Hall–Kier alpha value is -3.46. The molecule has 1 atom stereocenters. The maximum atomic E-state index is 12.2. The fraction of sp³-hybridized carbons (Fsp3) is 0.190. The average molecular weight is 423 g/mol. The lowest BCUT2D eigenvalue weighted by molar-refractivity contribution is 0.414. The smallest absolute Gasteiger partial charge is 0.250 e. The van der Waals surface area contributed by atoms with Gasteiger partial charge in [-0.2, -0.15) is 10.1 Å². The lowest BCUT2D eigenvalue weighted by atomic mass is 10.1. The van der Waals surface area contributed by atoms with Crippen LogP contribution in [0, 0.1) is 0 Å². The summed E-state index contributed by atoms with van der Waals surface area (Å²) in [5, 5.41) is 8.10. The van der Waals surface area contributed by atoms with Crippen molar-refractivity contribution in [3.8, 4) is 11.4 Å². The van der Waals surface area contributed by atoms with Crippen molar-refractivity contribution in [1.82, 2.24) is 19.7 Å². The molecule has 9 heteroatoms. The maximum absolute atomic E-state index is 12.2. The molecular formula is C21H21N5O3S. The normalized spacial score (nSPS) is 12.6. The minimum atomic E-state index is -3.62.